The van der Waals surface area contributed by atoms with Crippen LogP contribution in [0.1, 0.15) is 12.8 Å². The molecule has 0 amide bonds. The minimum absolute atomic E-state index is 0.727. The van der Waals surface area contributed by atoms with E-state index in [1.165, 1.54) is 0 Å². The van der Waals surface area contributed by atoms with Crippen LogP contribution in [0, 0.1) is 0 Å². The number of unbranched alkanes of at least 4 members (excludes halogenated alkanes) is 1. The highest BCUT2D eigenvalue weighted by molar-refractivity contribution is 5.79. The van der Waals surface area contributed by atoms with Crippen molar-refractivity contribution in [2.24, 2.45) is 0 Å². The van der Waals surface area contributed by atoms with Gasteiger partial charge < -0.3 is 4.74 Å². The van der Waals surface area contributed by atoms with Gasteiger partial charge in [0.15, 0.2) is 0 Å². The molecule has 0 spiro atoms. The lowest BCUT2D eigenvalue weighted by Gasteiger charge is -2.05. The number of fused-ring (bicyclic) bond motifs is 1. The first-order chi connectivity index (χ1) is 7.90. The van der Waals surface area contributed by atoms with Crippen LogP contribution in [0.5, 0.6) is 5.75 Å². The van der Waals surface area contributed by atoms with Crippen LogP contribution in [-0.4, -0.2) is 11.6 Å². The van der Waals surface area contributed by atoms with Gasteiger partial charge in [-0.05, 0) is 31.0 Å². The Balaban J connectivity index is 2.05. The molecule has 0 aliphatic carbocycles. The second-order valence-corrected chi connectivity index (χ2v) is 3.64. The molecule has 1 aromatic heterocycles. The van der Waals surface area contributed by atoms with Gasteiger partial charge >= 0.3 is 0 Å². The van der Waals surface area contributed by atoms with Crippen LogP contribution >= 0.6 is 0 Å². The van der Waals surface area contributed by atoms with Gasteiger partial charge in [-0.15, -0.1) is 6.58 Å². The van der Waals surface area contributed by atoms with Crippen molar-refractivity contribution >= 4 is 10.9 Å². The molecule has 0 radical (unpaired) electrons. The van der Waals surface area contributed by atoms with E-state index in [1.54, 1.807) is 6.20 Å². The van der Waals surface area contributed by atoms with E-state index in [1.807, 2.05) is 36.4 Å². The summed E-state index contributed by atoms with van der Waals surface area (Å²) in [6, 6.07) is 9.98. The first-order valence-corrected chi connectivity index (χ1v) is 5.48. The molecule has 2 aromatic rings. The van der Waals surface area contributed by atoms with Crippen molar-refractivity contribution in [2.75, 3.05) is 6.61 Å². The lowest BCUT2D eigenvalue weighted by Crippen LogP contribution is -1.96. The predicted octanol–water partition coefficient (Wildman–Crippen LogP) is 3.58. The summed E-state index contributed by atoms with van der Waals surface area (Å²) in [7, 11) is 0. The number of hydrogen-bond donors (Lipinski definition) is 0. The summed E-state index contributed by atoms with van der Waals surface area (Å²) < 4.78 is 5.63. The van der Waals surface area contributed by atoms with E-state index in [0.717, 1.165) is 36.1 Å². The van der Waals surface area contributed by atoms with Gasteiger partial charge in [-0.3, -0.25) is 4.98 Å². The van der Waals surface area contributed by atoms with Crippen LogP contribution in [0.2, 0.25) is 0 Å². The summed E-state index contributed by atoms with van der Waals surface area (Å²) >= 11 is 0. The minimum atomic E-state index is 0.727. The first-order valence-electron chi connectivity index (χ1n) is 5.48. The normalized spacial score (nSPS) is 10.2. The molecule has 16 heavy (non-hydrogen) atoms. The average molecular weight is 213 g/mol. The second kappa shape index (κ2) is 5.31. The fraction of sp³-hybridized carbons (Fsp3) is 0.214. The molecule has 1 aromatic carbocycles. The maximum Gasteiger partial charge on any atom is 0.121 e. The molecule has 0 unspecified atom stereocenters. The van der Waals surface area contributed by atoms with Crippen molar-refractivity contribution in [2.45, 2.75) is 12.8 Å². The number of ether oxygens (including phenoxy) is 1. The van der Waals surface area contributed by atoms with Crippen molar-refractivity contribution in [1.82, 2.24) is 4.98 Å². The standard InChI is InChI=1S/C14H15NO/c1-2-3-4-10-16-13-8-7-12-6-5-9-15-14(12)11-13/h2,5-9,11H,1,3-4,10H2. The lowest BCUT2D eigenvalue weighted by molar-refractivity contribution is 0.312. The van der Waals surface area contributed by atoms with Crippen molar-refractivity contribution in [1.29, 1.82) is 0 Å². The molecule has 0 N–H and O–H groups in total. The quantitative estimate of drug-likeness (QED) is 0.559. The zero-order valence-corrected chi connectivity index (χ0v) is 9.23. The maximum absolute atomic E-state index is 5.63. The van der Waals surface area contributed by atoms with Gasteiger partial charge in [0.2, 0.25) is 0 Å². The highest BCUT2D eigenvalue weighted by Gasteiger charge is 1.97. The van der Waals surface area contributed by atoms with Gasteiger partial charge in [0.1, 0.15) is 5.75 Å². The summed E-state index contributed by atoms with van der Waals surface area (Å²) in [4.78, 5) is 4.29. The van der Waals surface area contributed by atoms with E-state index in [9.17, 15) is 0 Å². The van der Waals surface area contributed by atoms with Gasteiger partial charge in [0, 0.05) is 17.6 Å². The number of benzene rings is 1. The average Bonchev–Trinajstić information content (AvgIpc) is 2.34. The van der Waals surface area contributed by atoms with E-state index >= 15 is 0 Å². The highest BCUT2D eigenvalue weighted by atomic mass is 16.5. The van der Waals surface area contributed by atoms with E-state index in [-0.39, 0.29) is 0 Å². The molecule has 0 saturated heterocycles. The van der Waals surface area contributed by atoms with E-state index in [0.29, 0.717) is 0 Å². The Morgan fingerprint density at radius 3 is 3.12 bits per heavy atom. The summed E-state index contributed by atoms with van der Waals surface area (Å²) in [5, 5.41) is 1.14. The minimum Gasteiger partial charge on any atom is -0.494 e. The van der Waals surface area contributed by atoms with Gasteiger partial charge in [-0.25, -0.2) is 0 Å². The van der Waals surface area contributed by atoms with Crippen molar-refractivity contribution in [3.05, 3.63) is 49.2 Å². The van der Waals surface area contributed by atoms with E-state index in [2.05, 4.69) is 11.6 Å². The molecule has 2 rings (SSSR count). The van der Waals surface area contributed by atoms with Crippen molar-refractivity contribution in [3.63, 3.8) is 0 Å². The summed E-state index contributed by atoms with van der Waals surface area (Å²) in [5.41, 5.74) is 0.976. The number of nitrogens with zero attached hydrogens (tertiary/aromatic N) is 1. The van der Waals surface area contributed by atoms with Crippen LogP contribution in [0.3, 0.4) is 0 Å². The van der Waals surface area contributed by atoms with Crippen LogP contribution in [0.25, 0.3) is 10.9 Å². The molecule has 0 saturated carbocycles. The Morgan fingerprint density at radius 2 is 2.25 bits per heavy atom. The van der Waals surface area contributed by atoms with Crippen molar-refractivity contribution < 1.29 is 4.74 Å². The number of aromatic nitrogens is 1. The number of rotatable bonds is 5. The van der Waals surface area contributed by atoms with Crippen LogP contribution in [0.4, 0.5) is 0 Å². The third kappa shape index (κ3) is 2.60. The van der Waals surface area contributed by atoms with Crippen LogP contribution in [0.15, 0.2) is 49.2 Å². The molecule has 0 fully saturated rings. The predicted molar refractivity (Wildman–Crippen MR) is 66.7 cm³/mol. The molecule has 0 atom stereocenters. The molecule has 2 nitrogen and oxygen atoms in total. The zero-order chi connectivity index (χ0) is 11.2. The lowest BCUT2D eigenvalue weighted by atomic mass is 10.2. The number of allylic oxidation sites excluding steroid dienone is 1. The fourth-order valence-corrected chi connectivity index (χ4v) is 1.55. The van der Waals surface area contributed by atoms with E-state index in [4.69, 9.17) is 4.74 Å². The topological polar surface area (TPSA) is 22.1 Å². The largest absolute Gasteiger partial charge is 0.494 e. The third-order valence-corrected chi connectivity index (χ3v) is 2.40. The summed E-state index contributed by atoms with van der Waals surface area (Å²) in [6.45, 7) is 4.41. The molecule has 0 aliphatic rings. The van der Waals surface area contributed by atoms with Crippen LogP contribution < -0.4 is 4.74 Å². The molecule has 0 aliphatic heterocycles. The Morgan fingerprint density at radius 1 is 1.31 bits per heavy atom. The molecule has 82 valence electrons. The zero-order valence-electron chi connectivity index (χ0n) is 9.23. The molecule has 0 bridgehead atoms. The SMILES string of the molecule is C=CCCCOc1ccc2cccnc2c1. The van der Waals surface area contributed by atoms with Gasteiger partial charge in [-0.2, -0.15) is 0 Å². The van der Waals surface area contributed by atoms with Crippen molar-refractivity contribution in [3.8, 4) is 5.75 Å². The highest BCUT2D eigenvalue weighted by Crippen LogP contribution is 2.18. The maximum atomic E-state index is 5.63. The number of pyridine rings is 1. The smallest absolute Gasteiger partial charge is 0.121 e. The first kappa shape index (κ1) is 10.7. The van der Waals surface area contributed by atoms with Crippen LogP contribution in [-0.2, 0) is 0 Å². The Kier molecular flexibility index (Phi) is 3.54. The van der Waals surface area contributed by atoms with Gasteiger partial charge in [-0.1, -0.05) is 12.1 Å². The fourth-order valence-electron chi connectivity index (χ4n) is 1.55. The Hall–Kier alpha value is -1.83. The molecular formula is C14H15NO. The molecule has 2 heteroatoms. The third-order valence-electron chi connectivity index (χ3n) is 2.40. The summed E-state index contributed by atoms with van der Waals surface area (Å²) in [5.74, 6) is 0.885. The van der Waals surface area contributed by atoms with Gasteiger partial charge in [0.05, 0.1) is 12.1 Å². The summed E-state index contributed by atoms with van der Waals surface area (Å²) in [6.07, 6.45) is 5.70. The monoisotopic (exact) mass is 213 g/mol. The Labute approximate surface area is 95.6 Å². The number of hydrogen-bond acceptors (Lipinski definition) is 2. The molecular weight excluding hydrogens is 198 g/mol. The Bertz CT molecular complexity index is 479. The van der Waals surface area contributed by atoms with E-state index < -0.39 is 0 Å². The molecule has 1 heterocycles. The van der Waals surface area contributed by atoms with Gasteiger partial charge in [0.25, 0.3) is 0 Å². The second-order valence-electron chi connectivity index (χ2n) is 3.64.